The first kappa shape index (κ1) is 24.2. The second kappa shape index (κ2) is 9.74. The highest BCUT2D eigenvalue weighted by molar-refractivity contribution is 5.96. The maximum Gasteiger partial charge on any atom is 0.416 e. The second-order valence-electron chi connectivity index (χ2n) is 8.36. The largest absolute Gasteiger partial charge is 0.497 e. The molecule has 8 heteroatoms. The van der Waals surface area contributed by atoms with Gasteiger partial charge in [-0.1, -0.05) is 42.5 Å². The number of alkyl halides is 3. The van der Waals surface area contributed by atoms with Crippen LogP contribution in [0.15, 0.2) is 66.7 Å². The third-order valence-electron chi connectivity index (χ3n) is 5.89. The van der Waals surface area contributed by atoms with Gasteiger partial charge in [-0.25, -0.2) is 0 Å². The Balaban J connectivity index is 1.85. The van der Waals surface area contributed by atoms with Crippen LogP contribution in [0.2, 0.25) is 0 Å². The van der Waals surface area contributed by atoms with E-state index in [9.17, 15) is 23.1 Å². The van der Waals surface area contributed by atoms with Gasteiger partial charge in [-0.3, -0.25) is 4.79 Å². The Morgan fingerprint density at radius 3 is 2.40 bits per heavy atom. The number of nitrogens with one attached hydrogen (secondary N) is 1. The van der Waals surface area contributed by atoms with Gasteiger partial charge in [0.05, 0.1) is 24.6 Å². The Morgan fingerprint density at radius 2 is 1.74 bits per heavy atom. The van der Waals surface area contributed by atoms with E-state index in [1.165, 1.54) is 6.07 Å². The molecule has 0 saturated carbocycles. The van der Waals surface area contributed by atoms with Gasteiger partial charge in [-0.05, 0) is 47.9 Å². The molecule has 0 bridgehead atoms. The summed E-state index contributed by atoms with van der Waals surface area (Å²) in [5.41, 5.74) is 3.01. The van der Waals surface area contributed by atoms with Crippen molar-refractivity contribution in [1.29, 1.82) is 0 Å². The van der Waals surface area contributed by atoms with Crippen LogP contribution in [-0.2, 0) is 30.5 Å². The number of methoxy groups -OCH3 is 1. The number of carboxylic acids is 1. The molecule has 0 spiro atoms. The monoisotopic (exact) mass is 482 g/mol. The highest BCUT2D eigenvalue weighted by Crippen LogP contribution is 2.37. The summed E-state index contributed by atoms with van der Waals surface area (Å²) in [5.74, 6) is 0.147. The van der Waals surface area contributed by atoms with E-state index in [1.54, 1.807) is 19.2 Å². The molecule has 35 heavy (non-hydrogen) atoms. The molecular formula is C27H25F3N2O3. The molecule has 5 nitrogen and oxygen atoms in total. The van der Waals surface area contributed by atoms with Crippen LogP contribution < -0.4 is 10.1 Å². The highest BCUT2D eigenvalue weighted by atomic mass is 19.4. The summed E-state index contributed by atoms with van der Waals surface area (Å²) in [7, 11) is 1.55. The summed E-state index contributed by atoms with van der Waals surface area (Å²) < 4.78 is 47.0. The fraction of sp³-hybridized carbons (Fsp3) is 0.222. The number of fused-ring (bicyclic) bond motifs is 1. The highest BCUT2D eigenvalue weighted by Gasteiger charge is 2.30. The number of aliphatic carboxylic acids is 1. The van der Waals surface area contributed by atoms with Crippen molar-refractivity contribution in [3.05, 3.63) is 94.5 Å². The zero-order valence-corrected chi connectivity index (χ0v) is 19.3. The van der Waals surface area contributed by atoms with Gasteiger partial charge in [0.1, 0.15) is 11.6 Å². The van der Waals surface area contributed by atoms with Crippen molar-refractivity contribution >= 4 is 22.7 Å². The fourth-order valence-electron chi connectivity index (χ4n) is 4.35. The number of carboxylic acid groups (broad SMARTS) is 1. The maximum absolute atomic E-state index is 13.2. The number of ether oxygens (including phenoxy) is 1. The number of hydrogen-bond donors (Lipinski definition) is 2. The Hall–Kier alpha value is -3.94. The third kappa shape index (κ3) is 5.26. The zero-order valence-electron chi connectivity index (χ0n) is 19.3. The van der Waals surface area contributed by atoms with Crippen molar-refractivity contribution in [2.75, 3.05) is 12.4 Å². The minimum atomic E-state index is -4.44. The molecule has 0 saturated heterocycles. The number of anilines is 1. The van der Waals surface area contributed by atoms with Crippen molar-refractivity contribution in [3.8, 4) is 5.75 Å². The number of aryl methyl sites for hydroxylation is 1. The smallest absolute Gasteiger partial charge is 0.416 e. The van der Waals surface area contributed by atoms with E-state index in [0.29, 0.717) is 29.2 Å². The molecule has 182 valence electrons. The predicted octanol–water partition coefficient (Wildman–Crippen LogP) is 6.26. The van der Waals surface area contributed by atoms with Gasteiger partial charge in [0.2, 0.25) is 0 Å². The van der Waals surface area contributed by atoms with Gasteiger partial charge in [0, 0.05) is 24.0 Å². The van der Waals surface area contributed by atoms with Crippen LogP contribution in [-0.4, -0.2) is 22.8 Å². The molecule has 4 rings (SSSR count). The Morgan fingerprint density at radius 1 is 1.03 bits per heavy atom. The van der Waals surface area contributed by atoms with E-state index >= 15 is 0 Å². The number of halogens is 3. The topological polar surface area (TPSA) is 63.5 Å². The van der Waals surface area contributed by atoms with Crippen LogP contribution in [0.3, 0.4) is 0 Å². The SMILES string of the molecule is COc1cc(C)c2c(c1)c(CC(=O)O)c(NCc1cccc(C(F)(F)F)c1)n2Cc1ccccc1. The van der Waals surface area contributed by atoms with Gasteiger partial charge in [0.25, 0.3) is 0 Å². The van der Waals surface area contributed by atoms with Crippen molar-refractivity contribution in [2.24, 2.45) is 0 Å². The lowest BCUT2D eigenvalue weighted by atomic mass is 10.1. The Labute approximate surface area is 200 Å². The molecule has 0 aliphatic rings. The van der Waals surface area contributed by atoms with Gasteiger partial charge in [-0.15, -0.1) is 0 Å². The summed E-state index contributed by atoms with van der Waals surface area (Å²) in [6, 6.07) is 18.5. The summed E-state index contributed by atoms with van der Waals surface area (Å²) in [4.78, 5) is 11.8. The standard InChI is InChI=1S/C27H25F3N2O3/c1-17-11-21(35-2)13-22-23(14-24(33)34)26(32(25(17)22)16-18-7-4-3-5-8-18)31-15-19-9-6-10-20(12-19)27(28,29)30/h3-13,31H,14-16H2,1-2H3,(H,33,34). The lowest BCUT2D eigenvalue weighted by Gasteiger charge is -2.16. The van der Waals surface area contributed by atoms with Crippen LogP contribution in [0.4, 0.5) is 19.0 Å². The van der Waals surface area contributed by atoms with Gasteiger partial charge < -0.3 is 19.7 Å². The number of nitrogens with zero attached hydrogens (tertiary/aromatic N) is 1. The molecule has 2 N–H and O–H groups in total. The van der Waals surface area contributed by atoms with E-state index in [4.69, 9.17) is 4.74 Å². The summed E-state index contributed by atoms with van der Waals surface area (Å²) in [6.07, 6.45) is -4.70. The molecule has 1 heterocycles. The van der Waals surface area contributed by atoms with Crippen LogP contribution >= 0.6 is 0 Å². The molecule has 3 aromatic carbocycles. The molecule has 0 atom stereocenters. The molecule has 0 radical (unpaired) electrons. The number of carbonyl (C=O) groups is 1. The van der Waals surface area contributed by atoms with Crippen molar-refractivity contribution in [1.82, 2.24) is 4.57 Å². The van der Waals surface area contributed by atoms with Crippen LogP contribution in [0, 0.1) is 6.92 Å². The molecule has 0 aliphatic heterocycles. The van der Waals surface area contributed by atoms with Crippen molar-refractivity contribution in [2.45, 2.75) is 32.6 Å². The zero-order chi connectivity index (χ0) is 25.2. The molecule has 4 aromatic rings. The lowest BCUT2D eigenvalue weighted by Crippen LogP contribution is -2.12. The third-order valence-corrected chi connectivity index (χ3v) is 5.89. The van der Waals surface area contributed by atoms with E-state index in [1.807, 2.05) is 47.9 Å². The first-order valence-corrected chi connectivity index (χ1v) is 11.0. The van der Waals surface area contributed by atoms with Crippen LogP contribution in [0.1, 0.15) is 27.8 Å². The van der Waals surface area contributed by atoms with Crippen LogP contribution in [0.25, 0.3) is 10.9 Å². The molecule has 0 amide bonds. The minimum Gasteiger partial charge on any atom is -0.497 e. The summed E-state index contributed by atoms with van der Waals surface area (Å²) in [5, 5.41) is 13.6. The quantitative estimate of drug-likeness (QED) is 0.311. The average molecular weight is 483 g/mol. The van der Waals surface area contributed by atoms with Gasteiger partial charge in [0.15, 0.2) is 0 Å². The molecule has 0 fully saturated rings. The van der Waals surface area contributed by atoms with E-state index in [0.717, 1.165) is 34.2 Å². The molecule has 1 aromatic heterocycles. The Bertz CT molecular complexity index is 1360. The minimum absolute atomic E-state index is 0.0951. The molecule has 0 aliphatic carbocycles. The maximum atomic E-state index is 13.2. The number of benzene rings is 3. The van der Waals surface area contributed by atoms with Crippen LogP contribution in [0.5, 0.6) is 5.75 Å². The first-order chi connectivity index (χ1) is 16.7. The number of rotatable bonds is 8. The number of aromatic nitrogens is 1. The van der Waals surface area contributed by atoms with E-state index in [2.05, 4.69) is 5.32 Å². The second-order valence-corrected chi connectivity index (χ2v) is 8.36. The summed E-state index contributed by atoms with van der Waals surface area (Å²) >= 11 is 0. The van der Waals surface area contributed by atoms with Gasteiger partial charge >= 0.3 is 12.1 Å². The average Bonchev–Trinajstić information content (AvgIpc) is 3.10. The Kier molecular flexibility index (Phi) is 6.73. The molecule has 0 unspecified atom stereocenters. The first-order valence-electron chi connectivity index (χ1n) is 11.0. The number of hydrogen-bond acceptors (Lipinski definition) is 3. The summed E-state index contributed by atoms with van der Waals surface area (Å²) in [6.45, 7) is 2.47. The fourth-order valence-corrected chi connectivity index (χ4v) is 4.35. The lowest BCUT2D eigenvalue weighted by molar-refractivity contribution is -0.138. The normalized spacial score (nSPS) is 11.6. The van der Waals surface area contributed by atoms with E-state index < -0.39 is 17.7 Å². The van der Waals surface area contributed by atoms with Crippen molar-refractivity contribution < 1.29 is 27.8 Å². The van der Waals surface area contributed by atoms with Gasteiger partial charge in [-0.2, -0.15) is 13.2 Å². The van der Waals surface area contributed by atoms with E-state index in [-0.39, 0.29) is 13.0 Å². The van der Waals surface area contributed by atoms with Crippen molar-refractivity contribution in [3.63, 3.8) is 0 Å². The predicted molar refractivity (Wildman–Crippen MR) is 129 cm³/mol. The molecular weight excluding hydrogens is 457 g/mol.